The average Bonchev–Trinajstić information content (AvgIpc) is 2.79. The summed E-state index contributed by atoms with van der Waals surface area (Å²) >= 11 is 0. The lowest BCUT2D eigenvalue weighted by Crippen LogP contribution is -2.43. The maximum Gasteiger partial charge on any atom is 0.248 e. The number of nitrogens with two attached hydrogens (primary N) is 1. The molecule has 0 bridgehead atoms. The van der Waals surface area contributed by atoms with Crippen molar-refractivity contribution < 1.29 is 8.78 Å². The van der Waals surface area contributed by atoms with Crippen LogP contribution in [0.4, 0.5) is 8.78 Å². The van der Waals surface area contributed by atoms with Crippen molar-refractivity contribution >= 4 is 0 Å². The molecule has 0 aliphatic heterocycles. The lowest BCUT2D eigenvalue weighted by Gasteiger charge is -2.39. The third kappa shape index (κ3) is 2.20. The molecule has 0 radical (unpaired) electrons. The van der Waals surface area contributed by atoms with Gasteiger partial charge in [-0.2, -0.15) is 5.10 Å². The molecule has 2 N–H and O–H groups in total. The summed E-state index contributed by atoms with van der Waals surface area (Å²) in [6.07, 6.45) is 2.48. The van der Waals surface area contributed by atoms with Crippen LogP contribution in [0.1, 0.15) is 38.3 Å². The van der Waals surface area contributed by atoms with Crippen LogP contribution in [0.2, 0.25) is 0 Å². The van der Waals surface area contributed by atoms with E-state index < -0.39 is 5.92 Å². The summed E-state index contributed by atoms with van der Waals surface area (Å²) < 4.78 is 28.4. The quantitative estimate of drug-likeness (QED) is 0.885. The van der Waals surface area contributed by atoms with Gasteiger partial charge in [-0.3, -0.25) is 4.68 Å². The Morgan fingerprint density at radius 3 is 2.53 bits per heavy atom. The molecule has 1 fully saturated rings. The van der Waals surface area contributed by atoms with Gasteiger partial charge in [0.2, 0.25) is 5.92 Å². The topological polar surface area (TPSA) is 43.8 Å². The van der Waals surface area contributed by atoms with Crippen molar-refractivity contribution in [2.45, 2.75) is 50.5 Å². The molecule has 1 aromatic heterocycles. The van der Waals surface area contributed by atoms with E-state index in [1.54, 1.807) is 6.20 Å². The van der Waals surface area contributed by atoms with Crippen LogP contribution in [0.3, 0.4) is 0 Å². The van der Waals surface area contributed by atoms with Gasteiger partial charge in [0.15, 0.2) is 0 Å². The fraction of sp³-hybridized carbons (Fsp3) is 0.750. The second-order valence-electron chi connectivity index (χ2n) is 4.87. The minimum absolute atomic E-state index is 0.0703. The smallest absolute Gasteiger partial charge is 0.248 e. The minimum Gasteiger partial charge on any atom is -0.330 e. The van der Waals surface area contributed by atoms with Crippen LogP contribution >= 0.6 is 0 Å². The van der Waals surface area contributed by atoms with E-state index in [0.29, 0.717) is 19.4 Å². The number of alkyl halides is 2. The van der Waals surface area contributed by atoms with E-state index in [1.165, 1.54) is 0 Å². The summed E-state index contributed by atoms with van der Waals surface area (Å²) in [5, 5.41) is 4.21. The molecule has 0 amide bonds. The van der Waals surface area contributed by atoms with E-state index in [9.17, 15) is 8.78 Å². The summed E-state index contributed by atoms with van der Waals surface area (Å²) in [4.78, 5) is 0. The van der Waals surface area contributed by atoms with Crippen molar-refractivity contribution in [3.05, 3.63) is 18.0 Å². The molecule has 0 saturated heterocycles. The SMILES string of the molecule is CCn1nccc1C1(CN)CCC(F)(F)CC1. The van der Waals surface area contributed by atoms with Gasteiger partial charge < -0.3 is 5.73 Å². The second-order valence-corrected chi connectivity index (χ2v) is 4.87. The Morgan fingerprint density at radius 1 is 1.35 bits per heavy atom. The van der Waals surface area contributed by atoms with Crippen molar-refractivity contribution in [3.63, 3.8) is 0 Å². The molecule has 3 nitrogen and oxygen atoms in total. The van der Waals surface area contributed by atoms with E-state index in [-0.39, 0.29) is 18.3 Å². The van der Waals surface area contributed by atoms with Crippen LogP contribution in [-0.2, 0) is 12.0 Å². The molecule has 0 spiro atoms. The summed E-state index contributed by atoms with van der Waals surface area (Å²) in [6.45, 7) is 3.16. The fourth-order valence-corrected chi connectivity index (χ4v) is 2.69. The fourth-order valence-electron chi connectivity index (χ4n) is 2.69. The Balaban J connectivity index is 2.27. The highest BCUT2D eigenvalue weighted by Gasteiger charge is 2.44. The van der Waals surface area contributed by atoms with Crippen LogP contribution in [0.25, 0.3) is 0 Å². The number of hydrogen-bond acceptors (Lipinski definition) is 2. The molecule has 1 aliphatic rings. The van der Waals surface area contributed by atoms with Gasteiger partial charge in [0.1, 0.15) is 0 Å². The molecule has 0 unspecified atom stereocenters. The molecule has 1 heterocycles. The normalized spacial score (nSPS) is 22.6. The number of halogens is 2. The standard InChI is InChI=1S/C12H19F2N3/c1-2-17-10(3-8-16-17)11(9-15)4-6-12(13,14)7-5-11/h3,8H,2,4-7,9,15H2,1H3. The van der Waals surface area contributed by atoms with Crippen LogP contribution in [0.5, 0.6) is 0 Å². The predicted molar refractivity (Wildman–Crippen MR) is 62.0 cm³/mol. The predicted octanol–water partition coefficient (Wildman–Crippen LogP) is 2.31. The summed E-state index contributed by atoms with van der Waals surface area (Å²) in [6, 6.07) is 1.92. The lowest BCUT2D eigenvalue weighted by atomic mass is 9.70. The Bertz CT molecular complexity index is 377. The van der Waals surface area contributed by atoms with Crippen LogP contribution in [0, 0.1) is 0 Å². The first-order valence-corrected chi connectivity index (χ1v) is 6.13. The van der Waals surface area contributed by atoms with Crippen molar-refractivity contribution in [2.24, 2.45) is 5.73 Å². The Morgan fingerprint density at radius 2 is 2.00 bits per heavy atom. The number of nitrogens with zero attached hydrogens (tertiary/aromatic N) is 2. The molecule has 96 valence electrons. The number of hydrogen-bond donors (Lipinski definition) is 1. The van der Waals surface area contributed by atoms with Gasteiger partial charge in [0, 0.05) is 43.2 Å². The van der Waals surface area contributed by atoms with Gasteiger partial charge in [0.25, 0.3) is 0 Å². The first kappa shape index (κ1) is 12.5. The first-order chi connectivity index (χ1) is 8.03. The maximum absolute atomic E-state index is 13.2. The second kappa shape index (κ2) is 4.37. The molecule has 0 atom stereocenters. The number of rotatable bonds is 3. The highest BCUT2D eigenvalue weighted by molar-refractivity contribution is 5.19. The molecular weight excluding hydrogens is 224 g/mol. The Labute approximate surface area is 100.0 Å². The van der Waals surface area contributed by atoms with Gasteiger partial charge in [-0.05, 0) is 25.8 Å². The summed E-state index contributed by atoms with van der Waals surface area (Å²) in [5.74, 6) is -2.52. The van der Waals surface area contributed by atoms with E-state index in [1.807, 2.05) is 17.7 Å². The first-order valence-electron chi connectivity index (χ1n) is 6.13. The van der Waals surface area contributed by atoms with Gasteiger partial charge >= 0.3 is 0 Å². The van der Waals surface area contributed by atoms with Gasteiger partial charge in [-0.15, -0.1) is 0 Å². The Hall–Kier alpha value is -0.970. The molecular formula is C12H19F2N3. The third-order valence-corrected chi connectivity index (χ3v) is 3.89. The van der Waals surface area contributed by atoms with Crippen molar-refractivity contribution in [3.8, 4) is 0 Å². The Kier molecular flexibility index (Phi) is 3.21. The van der Waals surface area contributed by atoms with E-state index in [2.05, 4.69) is 5.10 Å². The average molecular weight is 243 g/mol. The van der Waals surface area contributed by atoms with Gasteiger partial charge in [0.05, 0.1) is 0 Å². The highest BCUT2D eigenvalue weighted by Crippen LogP contribution is 2.44. The van der Waals surface area contributed by atoms with Gasteiger partial charge in [-0.1, -0.05) is 0 Å². The lowest BCUT2D eigenvalue weighted by molar-refractivity contribution is -0.0519. The van der Waals surface area contributed by atoms with Crippen LogP contribution < -0.4 is 5.73 Å². The largest absolute Gasteiger partial charge is 0.330 e. The highest BCUT2D eigenvalue weighted by atomic mass is 19.3. The molecule has 2 rings (SSSR count). The number of aromatic nitrogens is 2. The molecule has 1 aromatic rings. The molecule has 17 heavy (non-hydrogen) atoms. The number of aryl methyl sites for hydroxylation is 1. The van der Waals surface area contributed by atoms with Crippen LogP contribution in [0.15, 0.2) is 12.3 Å². The monoisotopic (exact) mass is 243 g/mol. The van der Waals surface area contributed by atoms with E-state index >= 15 is 0 Å². The maximum atomic E-state index is 13.2. The third-order valence-electron chi connectivity index (χ3n) is 3.89. The van der Waals surface area contributed by atoms with Gasteiger partial charge in [-0.25, -0.2) is 8.78 Å². The molecule has 0 aromatic carbocycles. The zero-order valence-electron chi connectivity index (χ0n) is 10.1. The summed E-state index contributed by atoms with van der Waals surface area (Å²) in [5.41, 5.74) is 6.56. The minimum atomic E-state index is -2.52. The zero-order chi connectivity index (χ0) is 12.5. The van der Waals surface area contributed by atoms with Crippen molar-refractivity contribution in [1.29, 1.82) is 0 Å². The zero-order valence-corrected chi connectivity index (χ0v) is 10.1. The van der Waals surface area contributed by atoms with E-state index in [0.717, 1.165) is 12.2 Å². The molecule has 1 saturated carbocycles. The van der Waals surface area contributed by atoms with E-state index in [4.69, 9.17) is 5.73 Å². The summed E-state index contributed by atoms with van der Waals surface area (Å²) in [7, 11) is 0. The molecule has 1 aliphatic carbocycles. The van der Waals surface area contributed by atoms with Crippen molar-refractivity contribution in [2.75, 3.05) is 6.54 Å². The molecule has 5 heteroatoms. The van der Waals surface area contributed by atoms with Crippen LogP contribution in [-0.4, -0.2) is 22.2 Å². The van der Waals surface area contributed by atoms with Crippen molar-refractivity contribution in [1.82, 2.24) is 9.78 Å².